The van der Waals surface area contributed by atoms with Crippen LogP contribution in [0.2, 0.25) is 0 Å². The fourth-order valence-electron chi connectivity index (χ4n) is 2.90. The van der Waals surface area contributed by atoms with Crippen LogP contribution < -0.4 is 5.32 Å². The molecule has 0 aliphatic carbocycles. The Labute approximate surface area is 164 Å². The SMILES string of the molecule is O=C(Cc1cccs1)Nc1cc(C(=O)N2CCCOCC2)cc(C(F)(F)F)c1. The lowest BCUT2D eigenvalue weighted by atomic mass is 10.1. The van der Waals surface area contributed by atoms with Crippen molar-refractivity contribution in [3.63, 3.8) is 0 Å². The molecule has 2 amide bonds. The van der Waals surface area contributed by atoms with E-state index in [0.717, 1.165) is 17.0 Å². The number of ether oxygens (including phenoxy) is 1. The Morgan fingerprint density at radius 2 is 2.00 bits per heavy atom. The van der Waals surface area contributed by atoms with Gasteiger partial charge in [0.25, 0.3) is 5.91 Å². The van der Waals surface area contributed by atoms with E-state index in [-0.39, 0.29) is 17.7 Å². The third-order valence-corrected chi connectivity index (χ3v) is 5.09. The van der Waals surface area contributed by atoms with Crippen molar-refractivity contribution in [1.29, 1.82) is 0 Å². The van der Waals surface area contributed by atoms with E-state index < -0.39 is 23.6 Å². The van der Waals surface area contributed by atoms with Gasteiger partial charge in [-0.15, -0.1) is 11.3 Å². The Bertz CT molecular complexity index is 829. The lowest BCUT2D eigenvalue weighted by Crippen LogP contribution is -2.33. The third-order valence-electron chi connectivity index (χ3n) is 4.22. The highest BCUT2D eigenvalue weighted by molar-refractivity contribution is 7.10. The maximum absolute atomic E-state index is 13.3. The Morgan fingerprint density at radius 3 is 2.71 bits per heavy atom. The number of hydrogen-bond donors (Lipinski definition) is 1. The highest BCUT2D eigenvalue weighted by Gasteiger charge is 2.32. The van der Waals surface area contributed by atoms with Crippen molar-refractivity contribution in [2.75, 3.05) is 31.6 Å². The van der Waals surface area contributed by atoms with Crippen molar-refractivity contribution >= 4 is 28.8 Å². The van der Waals surface area contributed by atoms with Gasteiger partial charge in [0.05, 0.1) is 18.6 Å². The Morgan fingerprint density at radius 1 is 1.18 bits per heavy atom. The second-order valence-electron chi connectivity index (χ2n) is 6.36. The van der Waals surface area contributed by atoms with Crippen LogP contribution in [-0.4, -0.2) is 43.0 Å². The number of carbonyl (C=O) groups is 2. The zero-order valence-electron chi connectivity index (χ0n) is 14.9. The fourth-order valence-corrected chi connectivity index (χ4v) is 3.60. The van der Waals surface area contributed by atoms with Crippen LogP contribution in [0.3, 0.4) is 0 Å². The molecule has 28 heavy (non-hydrogen) atoms. The molecule has 1 aromatic carbocycles. The molecule has 1 aromatic heterocycles. The van der Waals surface area contributed by atoms with Gasteiger partial charge < -0.3 is 15.0 Å². The standard InChI is InChI=1S/C19H19F3N2O3S/c20-19(21,22)14-9-13(18(26)24-4-2-6-27-7-5-24)10-15(11-14)23-17(25)12-16-3-1-8-28-16/h1,3,8-11H,2,4-7,12H2,(H,23,25). The summed E-state index contributed by atoms with van der Waals surface area (Å²) in [5.74, 6) is -0.950. The van der Waals surface area contributed by atoms with E-state index in [2.05, 4.69) is 5.32 Å². The highest BCUT2D eigenvalue weighted by Crippen LogP contribution is 2.32. The normalized spacial score (nSPS) is 15.2. The van der Waals surface area contributed by atoms with Gasteiger partial charge >= 0.3 is 6.18 Å². The minimum absolute atomic E-state index is 0.0502. The summed E-state index contributed by atoms with van der Waals surface area (Å²) in [7, 11) is 0. The lowest BCUT2D eigenvalue weighted by molar-refractivity contribution is -0.137. The molecule has 0 saturated carbocycles. The summed E-state index contributed by atoms with van der Waals surface area (Å²) in [5.41, 5.74) is -1.13. The van der Waals surface area contributed by atoms with Gasteiger partial charge in [-0.2, -0.15) is 13.2 Å². The predicted octanol–water partition coefficient (Wildman–Crippen LogP) is 3.81. The smallest absolute Gasteiger partial charge is 0.380 e. The molecule has 1 fully saturated rings. The summed E-state index contributed by atoms with van der Waals surface area (Å²) in [4.78, 5) is 27.2. The minimum atomic E-state index is -4.63. The van der Waals surface area contributed by atoms with Crippen molar-refractivity contribution in [2.45, 2.75) is 19.0 Å². The summed E-state index contributed by atoms with van der Waals surface area (Å²) in [6.45, 7) is 1.58. The van der Waals surface area contributed by atoms with Gasteiger partial charge in [-0.05, 0) is 36.1 Å². The highest BCUT2D eigenvalue weighted by atomic mass is 32.1. The number of carbonyl (C=O) groups excluding carboxylic acids is 2. The van der Waals surface area contributed by atoms with Gasteiger partial charge in [-0.25, -0.2) is 0 Å². The first-order chi connectivity index (χ1) is 13.3. The molecule has 150 valence electrons. The third kappa shape index (κ3) is 5.32. The number of thiophene rings is 1. The fraction of sp³-hybridized carbons (Fsp3) is 0.368. The molecule has 1 aliphatic heterocycles. The Kier molecular flexibility index (Phi) is 6.35. The monoisotopic (exact) mass is 412 g/mol. The first-order valence-electron chi connectivity index (χ1n) is 8.74. The van der Waals surface area contributed by atoms with E-state index in [9.17, 15) is 22.8 Å². The van der Waals surface area contributed by atoms with Crippen LogP contribution in [0, 0.1) is 0 Å². The van der Waals surface area contributed by atoms with Crippen LogP contribution in [0.5, 0.6) is 0 Å². The molecular formula is C19H19F3N2O3S. The first-order valence-corrected chi connectivity index (χ1v) is 9.62. The summed E-state index contributed by atoms with van der Waals surface area (Å²) in [6, 6.07) is 6.51. The maximum Gasteiger partial charge on any atom is 0.416 e. The number of benzene rings is 1. The van der Waals surface area contributed by atoms with Crippen molar-refractivity contribution in [3.05, 3.63) is 51.7 Å². The number of nitrogens with one attached hydrogen (secondary N) is 1. The molecule has 9 heteroatoms. The Hall–Kier alpha value is -2.39. The molecule has 2 heterocycles. The molecule has 0 unspecified atom stereocenters. The van der Waals surface area contributed by atoms with Crippen molar-refractivity contribution in [2.24, 2.45) is 0 Å². The van der Waals surface area contributed by atoms with E-state index in [1.54, 1.807) is 12.1 Å². The van der Waals surface area contributed by atoms with Crippen LogP contribution in [0.4, 0.5) is 18.9 Å². The molecule has 3 rings (SSSR count). The van der Waals surface area contributed by atoms with Crippen molar-refractivity contribution < 1.29 is 27.5 Å². The molecular weight excluding hydrogens is 393 g/mol. The largest absolute Gasteiger partial charge is 0.416 e. The molecule has 1 aliphatic rings. The predicted molar refractivity (Wildman–Crippen MR) is 99.4 cm³/mol. The minimum Gasteiger partial charge on any atom is -0.380 e. The lowest BCUT2D eigenvalue weighted by Gasteiger charge is -2.21. The number of anilines is 1. The molecule has 2 aromatic rings. The topological polar surface area (TPSA) is 58.6 Å². The van der Waals surface area contributed by atoms with E-state index in [1.807, 2.05) is 5.38 Å². The number of amides is 2. The van der Waals surface area contributed by atoms with Crippen LogP contribution >= 0.6 is 11.3 Å². The summed E-state index contributed by atoms with van der Waals surface area (Å²) < 4.78 is 45.2. The van der Waals surface area contributed by atoms with E-state index in [4.69, 9.17) is 4.74 Å². The molecule has 0 bridgehead atoms. The van der Waals surface area contributed by atoms with Gasteiger partial charge in [0.2, 0.25) is 5.91 Å². The molecule has 0 spiro atoms. The molecule has 0 radical (unpaired) electrons. The maximum atomic E-state index is 13.3. The van der Waals surface area contributed by atoms with Gasteiger partial charge in [-0.3, -0.25) is 9.59 Å². The quantitative estimate of drug-likeness (QED) is 0.831. The molecule has 1 N–H and O–H groups in total. The number of halogens is 3. The number of rotatable bonds is 4. The van der Waals surface area contributed by atoms with E-state index in [1.165, 1.54) is 22.3 Å². The summed E-state index contributed by atoms with van der Waals surface area (Å²) in [6.07, 6.45) is -3.96. The van der Waals surface area contributed by atoms with Crippen LogP contribution in [-0.2, 0) is 22.1 Å². The van der Waals surface area contributed by atoms with Gasteiger partial charge in [0.1, 0.15) is 0 Å². The summed E-state index contributed by atoms with van der Waals surface area (Å²) >= 11 is 1.38. The van der Waals surface area contributed by atoms with Gasteiger partial charge in [0.15, 0.2) is 0 Å². The van der Waals surface area contributed by atoms with Crippen LogP contribution in [0.25, 0.3) is 0 Å². The molecule has 5 nitrogen and oxygen atoms in total. The number of nitrogens with zero attached hydrogens (tertiary/aromatic N) is 1. The second kappa shape index (κ2) is 8.74. The zero-order valence-corrected chi connectivity index (χ0v) is 15.7. The second-order valence-corrected chi connectivity index (χ2v) is 7.39. The van der Waals surface area contributed by atoms with Crippen LogP contribution in [0.15, 0.2) is 35.7 Å². The van der Waals surface area contributed by atoms with Crippen molar-refractivity contribution in [1.82, 2.24) is 4.90 Å². The summed E-state index contributed by atoms with van der Waals surface area (Å²) in [5, 5.41) is 4.29. The molecule has 1 saturated heterocycles. The average Bonchev–Trinajstić information content (AvgIpc) is 2.99. The molecule has 0 atom stereocenters. The number of hydrogen-bond acceptors (Lipinski definition) is 4. The van der Waals surface area contributed by atoms with Gasteiger partial charge in [0, 0.05) is 35.8 Å². The average molecular weight is 412 g/mol. The van der Waals surface area contributed by atoms with E-state index in [0.29, 0.717) is 32.7 Å². The Balaban J connectivity index is 1.84. The zero-order chi connectivity index (χ0) is 20.1. The van der Waals surface area contributed by atoms with Crippen molar-refractivity contribution in [3.8, 4) is 0 Å². The first kappa shape index (κ1) is 20.3. The van der Waals surface area contributed by atoms with Gasteiger partial charge in [-0.1, -0.05) is 6.07 Å². The van der Waals surface area contributed by atoms with E-state index >= 15 is 0 Å². The van der Waals surface area contributed by atoms with Crippen LogP contribution in [0.1, 0.15) is 27.2 Å². The number of alkyl halides is 3.